The van der Waals surface area contributed by atoms with Gasteiger partial charge in [0.25, 0.3) is 5.91 Å². The van der Waals surface area contributed by atoms with E-state index in [0.717, 1.165) is 5.17 Å². The Morgan fingerprint density at radius 1 is 1.24 bits per heavy atom. The number of amidine groups is 1. The lowest BCUT2D eigenvalue weighted by Gasteiger charge is -2.11. The van der Waals surface area contributed by atoms with Crippen molar-refractivity contribution in [1.29, 1.82) is 0 Å². The molecule has 0 bridgehead atoms. The van der Waals surface area contributed by atoms with E-state index in [1.54, 1.807) is 35.2 Å². The van der Waals surface area contributed by atoms with Crippen molar-refractivity contribution in [1.82, 2.24) is 4.90 Å². The summed E-state index contributed by atoms with van der Waals surface area (Å²) < 4.78 is 5.84. The Balaban J connectivity index is 1.91. The van der Waals surface area contributed by atoms with Crippen LogP contribution in [0.2, 0.25) is 10.0 Å². The molecule has 1 amide bonds. The van der Waals surface area contributed by atoms with Gasteiger partial charge in [0.05, 0.1) is 9.93 Å². The Bertz CT molecular complexity index is 874. The number of hydrogen-bond acceptors (Lipinski definition) is 4. The van der Waals surface area contributed by atoms with Gasteiger partial charge in [-0.3, -0.25) is 14.7 Å². The minimum Gasteiger partial charge on any atom is -0.457 e. The second-order valence-corrected chi connectivity index (χ2v) is 7.10. The third kappa shape index (κ3) is 3.78. The Hall–Kier alpha value is -1.69. The number of aliphatic imine (C=N–C) groups is 1. The van der Waals surface area contributed by atoms with Crippen molar-refractivity contribution < 1.29 is 9.21 Å². The van der Waals surface area contributed by atoms with Crippen molar-refractivity contribution in [2.45, 2.75) is 13.8 Å². The highest BCUT2D eigenvalue weighted by molar-refractivity contribution is 8.18. The van der Waals surface area contributed by atoms with Gasteiger partial charge >= 0.3 is 0 Å². The summed E-state index contributed by atoms with van der Waals surface area (Å²) in [5.74, 6) is 1.12. The number of rotatable bonds is 4. The van der Waals surface area contributed by atoms with Crippen LogP contribution in [0.3, 0.4) is 0 Å². The SMILES string of the molecule is CCN=C1S/C(=C/c2ccc(-c3cc(Cl)ccc3Cl)o2)C(=O)N1CC. The fourth-order valence-corrected chi connectivity index (χ4v) is 3.90. The molecule has 1 aliphatic heterocycles. The van der Waals surface area contributed by atoms with E-state index < -0.39 is 0 Å². The lowest BCUT2D eigenvalue weighted by molar-refractivity contribution is -0.122. The molecule has 1 fully saturated rings. The van der Waals surface area contributed by atoms with Gasteiger partial charge in [0, 0.05) is 29.8 Å². The molecule has 0 unspecified atom stereocenters. The zero-order valence-electron chi connectivity index (χ0n) is 13.8. The molecule has 7 heteroatoms. The molecule has 25 heavy (non-hydrogen) atoms. The lowest BCUT2D eigenvalue weighted by Crippen LogP contribution is -2.28. The number of benzene rings is 1. The molecule has 2 heterocycles. The Kier molecular flexibility index (Phi) is 5.57. The third-order valence-corrected chi connectivity index (χ3v) is 5.20. The highest BCUT2D eigenvalue weighted by atomic mass is 35.5. The van der Waals surface area contributed by atoms with Crippen molar-refractivity contribution in [3.63, 3.8) is 0 Å². The maximum absolute atomic E-state index is 12.5. The molecule has 4 nitrogen and oxygen atoms in total. The third-order valence-electron chi connectivity index (χ3n) is 3.59. The van der Waals surface area contributed by atoms with Crippen LogP contribution in [0.25, 0.3) is 17.4 Å². The van der Waals surface area contributed by atoms with Crippen LogP contribution in [0.1, 0.15) is 19.6 Å². The van der Waals surface area contributed by atoms with Crippen LogP contribution in [-0.4, -0.2) is 29.1 Å². The number of carbonyl (C=O) groups is 1. The molecule has 0 spiro atoms. The Morgan fingerprint density at radius 2 is 2.04 bits per heavy atom. The number of halogens is 2. The fourth-order valence-electron chi connectivity index (χ4n) is 2.43. The van der Waals surface area contributed by atoms with E-state index in [1.807, 2.05) is 19.9 Å². The van der Waals surface area contributed by atoms with Crippen LogP contribution in [0.5, 0.6) is 0 Å². The first-order chi connectivity index (χ1) is 12.0. The number of furan rings is 1. The second-order valence-electron chi connectivity index (χ2n) is 5.24. The molecular formula is C18H16Cl2N2O2S. The van der Waals surface area contributed by atoms with Gasteiger partial charge in [-0.05, 0) is 55.9 Å². The summed E-state index contributed by atoms with van der Waals surface area (Å²) in [7, 11) is 0. The van der Waals surface area contributed by atoms with Crippen LogP contribution in [-0.2, 0) is 4.79 Å². The normalized spacial score (nSPS) is 17.9. The van der Waals surface area contributed by atoms with Gasteiger partial charge in [-0.2, -0.15) is 0 Å². The summed E-state index contributed by atoms with van der Waals surface area (Å²) in [5, 5.41) is 1.86. The number of thioether (sulfide) groups is 1. The fraction of sp³-hybridized carbons (Fsp3) is 0.222. The standard InChI is InChI=1S/C18H16Cl2N2O2S/c1-3-21-18-22(4-2)17(23)16(25-18)10-12-6-8-15(24-12)13-9-11(19)5-7-14(13)20/h5-10H,3-4H2,1-2H3/b16-10+,21-18?. The molecule has 0 atom stereocenters. The van der Waals surface area contributed by atoms with E-state index in [4.69, 9.17) is 27.6 Å². The highest BCUT2D eigenvalue weighted by Crippen LogP contribution is 2.35. The smallest absolute Gasteiger partial charge is 0.266 e. The average molecular weight is 395 g/mol. The summed E-state index contributed by atoms with van der Waals surface area (Å²) in [6.07, 6.45) is 1.73. The lowest BCUT2D eigenvalue weighted by atomic mass is 10.2. The van der Waals surface area contributed by atoms with Gasteiger partial charge in [0.1, 0.15) is 11.5 Å². The second kappa shape index (κ2) is 7.68. The minimum atomic E-state index is -0.0570. The molecule has 0 aliphatic carbocycles. The monoisotopic (exact) mass is 394 g/mol. The molecule has 1 aliphatic rings. The van der Waals surface area contributed by atoms with Gasteiger partial charge in [-0.25, -0.2) is 0 Å². The van der Waals surface area contributed by atoms with E-state index in [-0.39, 0.29) is 5.91 Å². The summed E-state index contributed by atoms with van der Waals surface area (Å²) in [4.78, 5) is 19.1. The van der Waals surface area contributed by atoms with Crippen LogP contribution in [0.4, 0.5) is 0 Å². The van der Waals surface area contributed by atoms with E-state index in [2.05, 4.69) is 4.99 Å². The Morgan fingerprint density at radius 3 is 2.76 bits per heavy atom. The summed E-state index contributed by atoms with van der Waals surface area (Å²) >= 11 is 13.6. The van der Waals surface area contributed by atoms with Gasteiger partial charge in [-0.15, -0.1) is 0 Å². The maximum Gasteiger partial charge on any atom is 0.266 e. The average Bonchev–Trinajstić information content (AvgIpc) is 3.16. The molecule has 0 saturated carbocycles. The molecule has 1 aromatic carbocycles. The quantitative estimate of drug-likeness (QED) is 0.637. The van der Waals surface area contributed by atoms with Crippen molar-refractivity contribution in [2.75, 3.05) is 13.1 Å². The molecule has 3 rings (SSSR count). The van der Waals surface area contributed by atoms with E-state index >= 15 is 0 Å². The van der Waals surface area contributed by atoms with Gasteiger partial charge in [-0.1, -0.05) is 23.2 Å². The first kappa shape index (κ1) is 18.1. The predicted octanol–water partition coefficient (Wildman–Crippen LogP) is 5.57. The largest absolute Gasteiger partial charge is 0.457 e. The topological polar surface area (TPSA) is 45.8 Å². The molecule has 1 aromatic heterocycles. The maximum atomic E-state index is 12.5. The van der Waals surface area contributed by atoms with Crippen LogP contribution in [0.15, 0.2) is 44.6 Å². The Labute approximate surface area is 160 Å². The van der Waals surface area contributed by atoms with Crippen LogP contribution in [0, 0.1) is 0 Å². The number of nitrogens with zero attached hydrogens (tertiary/aromatic N) is 2. The first-order valence-corrected chi connectivity index (χ1v) is 9.41. The predicted molar refractivity (Wildman–Crippen MR) is 105 cm³/mol. The number of hydrogen-bond donors (Lipinski definition) is 0. The number of carbonyl (C=O) groups excluding carboxylic acids is 1. The van der Waals surface area contributed by atoms with Crippen molar-refractivity contribution in [2.24, 2.45) is 4.99 Å². The minimum absolute atomic E-state index is 0.0570. The zero-order chi connectivity index (χ0) is 18.0. The van der Waals surface area contributed by atoms with Gasteiger partial charge < -0.3 is 4.42 Å². The van der Waals surface area contributed by atoms with Crippen LogP contribution >= 0.6 is 35.0 Å². The first-order valence-electron chi connectivity index (χ1n) is 7.84. The molecule has 130 valence electrons. The molecule has 1 saturated heterocycles. The van der Waals surface area contributed by atoms with Crippen molar-refractivity contribution in [3.05, 3.63) is 51.0 Å². The van der Waals surface area contributed by atoms with Crippen LogP contribution < -0.4 is 0 Å². The zero-order valence-corrected chi connectivity index (χ0v) is 16.1. The molecular weight excluding hydrogens is 379 g/mol. The molecule has 0 radical (unpaired) electrons. The molecule has 2 aromatic rings. The van der Waals surface area contributed by atoms with Gasteiger partial charge in [0.2, 0.25) is 0 Å². The summed E-state index contributed by atoms with van der Waals surface area (Å²) in [5.41, 5.74) is 0.715. The summed E-state index contributed by atoms with van der Waals surface area (Å²) in [6.45, 7) is 5.10. The van der Waals surface area contributed by atoms with Crippen molar-refractivity contribution >= 4 is 52.1 Å². The van der Waals surface area contributed by atoms with Crippen molar-refractivity contribution in [3.8, 4) is 11.3 Å². The van der Waals surface area contributed by atoms with E-state index in [0.29, 0.717) is 45.1 Å². The summed E-state index contributed by atoms with van der Waals surface area (Å²) in [6, 6.07) is 8.81. The molecule has 0 N–H and O–H groups in total. The van der Waals surface area contributed by atoms with E-state index in [9.17, 15) is 4.79 Å². The number of amides is 1. The number of likely N-dealkylation sites (N-methyl/N-ethyl adjacent to an activating group) is 1. The highest BCUT2D eigenvalue weighted by Gasteiger charge is 2.32. The van der Waals surface area contributed by atoms with E-state index in [1.165, 1.54) is 11.8 Å². The van der Waals surface area contributed by atoms with Gasteiger partial charge in [0.15, 0.2) is 5.17 Å².